The molecule has 0 aliphatic carbocycles. The summed E-state index contributed by atoms with van der Waals surface area (Å²) < 4.78 is 0. The zero-order valence-electron chi connectivity index (χ0n) is 5.76. The normalized spacial score (nSPS) is 13.7. The fourth-order valence-electron chi connectivity index (χ4n) is 0.441. The molecule has 2 N–H and O–H groups in total. The molecule has 0 fully saturated rings. The SMILES string of the molecule is CNCC(O)COOC. The van der Waals surface area contributed by atoms with Crippen molar-refractivity contribution in [2.75, 3.05) is 27.3 Å². The Morgan fingerprint density at radius 3 is 2.78 bits per heavy atom. The molecule has 1 unspecified atom stereocenters. The molecule has 0 aliphatic heterocycles. The molecule has 1 atom stereocenters. The summed E-state index contributed by atoms with van der Waals surface area (Å²) >= 11 is 0. The van der Waals surface area contributed by atoms with Gasteiger partial charge in [0.15, 0.2) is 0 Å². The maximum atomic E-state index is 8.91. The molecule has 0 heterocycles. The molecule has 0 bridgehead atoms. The largest absolute Gasteiger partial charge is 0.389 e. The van der Waals surface area contributed by atoms with E-state index >= 15 is 0 Å². The van der Waals surface area contributed by atoms with E-state index in [2.05, 4.69) is 15.1 Å². The van der Waals surface area contributed by atoms with Crippen LogP contribution >= 0.6 is 0 Å². The van der Waals surface area contributed by atoms with Crippen LogP contribution in [-0.4, -0.2) is 38.5 Å². The van der Waals surface area contributed by atoms with E-state index in [1.54, 1.807) is 7.05 Å². The Bertz CT molecular complexity index is 60.2. The Kier molecular flexibility index (Phi) is 5.86. The van der Waals surface area contributed by atoms with Crippen molar-refractivity contribution in [1.82, 2.24) is 5.32 Å². The Morgan fingerprint density at radius 2 is 2.33 bits per heavy atom. The minimum atomic E-state index is -0.491. The zero-order valence-corrected chi connectivity index (χ0v) is 5.76. The molecule has 0 saturated heterocycles. The van der Waals surface area contributed by atoms with Gasteiger partial charge in [0.2, 0.25) is 0 Å². The average Bonchev–Trinajstić information content (AvgIpc) is 1.85. The average molecular weight is 135 g/mol. The Hall–Kier alpha value is -0.160. The van der Waals surface area contributed by atoms with Crippen molar-refractivity contribution in [3.63, 3.8) is 0 Å². The van der Waals surface area contributed by atoms with E-state index in [1.807, 2.05) is 0 Å². The summed E-state index contributed by atoms with van der Waals surface area (Å²) in [7, 11) is 3.17. The van der Waals surface area contributed by atoms with Crippen LogP contribution in [0.2, 0.25) is 0 Å². The van der Waals surface area contributed by atoms with Crippen molar-refractivity contribution in [3.8, 4) is 0 Å². The number of nitrogens with one attached hydrogen (secondary N) is 1. The standard InChI is InChI=1S/C5H13NO3/c1-6-3-5(7)4-9-8-2/h5-7H,3-4H2,1-2H3. The third-order valence-corrected chi connectivity index (χ3v) is 0.818. The maximum absolute atomic E-state index is 8.91. The molecule has 56 valence electrons. The van der Waals surface area contributed by atoms with E-state index in [0.29, 0.717) is 6.54 Å². The fourth-order valence-corrected chi connectivity index (χ4v) is 0.441. The van der Waals surface area contributed by atoms with Gasteiger partial charge in [0.25, 0.3) is 0 Å². The van der Waals surface area contributed by atoms with Gasteiger partial charge in [-0.25, -0.2) is 9.78 Å². The number of hydrogen-bond acceptors (Lipinski definition) is 4. The highest BCUT2D eigenvalue weighted by atomic mass is 17.2. The molecule has 0 aromatic carbocycles. The lowest BCUT2D eigenvalue weighted by molar-refractivity contribution is -0.283. The smallest absolute Gasteiger partial charge is 0.109 e. The quantitative estimate of drug-likeness (QED) is 0.380. The second-order valence-corrected chi connectivity index (χ2v) is 1.66. The summed E-state index contributed by atoms with van der Waals surface area (Å²) in [5, 5.41) is 11.7. The van der Waals surface area contributed by atoms with Gasteiger partial charge in [-0.3, -0.25) is 0 Å². The summed E-state index contributed by atoms with van der Waals surface area (Å²) in [6.45, 7) is 0.723. The molecule has 9 heavy (non-hydrogen) atoms. The van der Waals surface area contributed by atoms with Crippen LogP contribution in [0.15, 0.2) is 0 Å². The zero-order chi connectivity index (χ0) is 7.11. The number of aliphatic hydroxyl groups is 1. The summed E-state index contributed by atoms with van der Waals surface area (Å²) in [5.41, 5.74) is 0. The van der Waals surface area contributed by atoms with Gasteiger partial charge in [0.1, 0.15) is 6.61 Å². The predicted molar refractivity (Wildman–Crippen MR) is 32.9 cm³/mol. The highest BCUT2D eigenvalue weighted by molar-refractivity contribution is 4.52. The molecule has 0 aliphatic rings. The van der Waals surface area contributed by atoms with Gasteiger partial charge in [-0.05, 0) is 7.05 Å². The van der Waals surface area contributed by atoms with Gasteiger partial charge in [-0.1, -0.05) is 0 Å². The summed E-state index contributed by atoms with van der Waals surface area (Å²) in [6.07, 6.45) is -0.491. The molecule has 0 amide bonds. The molecular weight excluding hydrogens is 122 g/mol. The molecule has 4 nitrogen and oxygen atoms in total. The topological polar surface area (TPSA) is 50.7 Å². The van der Waals surface area contributed by atoms with Crippen LogP contribution in [-0.2, 0) is 9.78 Å². The number of rotatable bonds is 5. The lowest BCUT2D eigenvalue weighted by Gasteiger charge is -2.07. The number of hydrogen-bond donors (Lipinski definition) is 2. The van der Waals surface area contributed by atoms with E-state index in [4.69, 9.17) is 5.11 Å². The Balaban J connectivity index is 2.95. The second kappa shape index (κ2) is 5.97. The van der Waals surface area contributed by atoms with Crippen LogP contribution in [0, 0.1) is 0 Å². The van der Waals surface area contributed by atoms with E-state index in [1.165, 1.54) is 7.11 Å². The second-order valence-electron chi connectivity index (χ2n) is 1.66. The number of likely N-dealkylation sites (N-methyl/N-ethyl adjacent to an activating group) is 1. The summed E-state index contributed by atoms with van der Waals surface area (Å²) in [5.74, 6) is 0. The van der Waals surface area contributed by atoms with Crippen molar-refractivity contribution in [2.24, 2.45) is 0 Å². The Labute approximate surface area is 54.7 Å². The van der Waals surface area contributed by atoms with Crippen LogP contribution in [0.5, 0.6) is 0 Å². The van der Waals surface area contributed by atoms with Gasteiger partial charge < -0.3 is 10.4 Å². The lowest BCUT2D eigenvalue weighted by atomic mass is 10.4. The molecule has 0 radical (unpaired) electrons. The first-order valence-corrected chi connectivity index (χ1v) is 2.79. The minimum absolute atomic E-state index is 0.206. The third kappa shape index (κ3) is 5.72. The highest BCUT2D eigenvalue weighted by Crippen LogP contribution is 1.81. The van der Waals surface area contributed by atoms with Gasteiger partial charge in [-0.15, -0.1) is 0 Å². The van der Waals surface area contributed by atoms with Crippen LogP contribution in [0.1, 0.15) is 0 Å². The van der Waals surface area contributed by atoms with E-state index < -0.39 is 6.10 Å². The molecule has 4 heteroatoms. The molecule has 0 aromatic heterocycles. The van der Waals surface area contributed by atoms with Crippen molar-refractivity contribution < 1.29 is 14.9 Å². The highest BCUT2D eigenvalue weighted by Gasteiger charge is 2.00. The molecular formula is C5H13NO3. The van der Waals surface area contributed by atoms with Crippen molar-refractivity contribution in [2.45, 2.75) is 6.10 Å². The van der Waals surface area contributed by atoms with E-state index in [-0.39, 0.29) is 6.61 Å². The van der Waals surface area contributed by atoms with Crippen LogP contribution < -0.4 is 5.32 Å². The van der Waals surface area contributed by atoms with Gasteiger partial charge >= 0.3 is 0 Å². The fraction of sp³-hybridized carbons (Fsp3) is 1.00. The molecule has 0 aromatic rings. The van der Waals surface area contributed by atoms with Gasteiger partial charge in [-0.2, -0.15) is 0 Å². The van der Waals surface area contributed by atoms with Crippen LogP contribution in [0.25, 0.3) is 0 Å². The number of aliphatic hydroxyl groups excluding tert-OH is 1. The molecule has 0 saturated carbocycles. The third-order valence-electron chi connectivity index (χ3n) is 0.818. The van der Waals surface area contributed by atoms with Crippen LogP contribution in [0.3, 0.4) is 0 Å². The molecule has 0 rings (SSSR count). The minimum Gasteiger partial charge on any atom is -0.389 e. The lowest BCUT2D eigenvalue weighted by Crippen LogP contribution is -2.27. The first kappa shape index (κ1) is 8.84. The van der Waals surface area contributed by atoms with Gasteiger partial charge in [0.05, 0.1) is 13.2 Å². The van der Waals surface area contributed by atoms with E-state index in [0.717, 1.165) is 0 Å². The predicted octanol–water partition coefficient (Wildman–Crippen LogP) is -0.855. The summed E-state index contributed by atoms with van der Waals surface area (Å²) in [4.78, 5) is 8.73. The van der Waals surface area contributed by atoms with Crippen LogP contribution in [0.4, 0.5) is 0 Å². The van der Waals surface area contributed by atoms with Gasteiger partial charge in [0, 0.05) is 6.54 Å². The first-order chi connectivity index (χ1) is 4.31. The van der Waals surface area contributed by atoms with Crippen molar-refractivity contribution >= 4 is 0 Å². The summed E-state index contributed by atoms with van der Waals surface area (Å²) in [6, 6.07) is 0. The van der Waals surface area contributed by atoms with E-state index in [9.17, 15) is 0 Å². The Morgan fingerprint density at radius 1 is 1.67 bits per heavy atom. The van der Waals surface area contributed by atoms with Crippen molar-refractivity contribution in [1.29, 1.82) is 0 Å². The van der Waals surface area contributed by atoms with Crippen molar-refractivity contribution in [3.05, 3.63) is 0 Å². The molecule has 0 spiro atoms. The maximum Gasteiger partial charge on any atom is 0.109 e. The first-order valence-electron chi connectivity index (χ1n) is 2.79. The monoisotopic (exact) mass is 135 g/mol.